The van der Waals surface area contributed by atoms with Crippen molar-refractivity contribution >= 4 is 5.91 Å². The van der Waals surface area contributed by atoms with Crippen molar-refractivity contribution in [2.75, 3.05) is 13.6 Å². The second-order valence-corrected chi connectivity index (χ2v) is 3.84. The molecule has 1 unspecified atom stereocenters. The zero-order chi connectivity index (χ0) is 10.7. The van der Waals surface area contributed by atoms with Crippen molar-refractivity contribution in [3.63, 3.8) is 0 Å². The van der Waals surface area contributed by atoms with E-state index in [0.29, 0.717) is 0 Å². The lowest BCUT2D eigenvalue weighted by Crippen LogP contribution is -2.36. The molecule has 2 rings (SSSR count). The van der Waals surface area contributed by atoms with Crippen LogP contribution in [-0.2, 0) is 11.3 Å². The maximum atomic E-state index is 11.6. The van der Waals surface area contributed by atoms with Crippen LogP contribution in [0.2, 0.25) is 0 Å². The molecule has 1 aromatic heterocycles. The van der Waals surface area contributed by atoms with Crippen molar-refractivity contribution in [3.05, 3.63) is 30.1 Å². The molecule has 0 saturated carbocycles. The summed E-state index contributed by atoms with van der Waals surface area (Å²) in [4.78, 5) is 17.3. The Morgan fingerprint density at radius 2 is 2.27 bits per heavy atom. The summed E-state index contributed by atoms with van der Waals surface area (Å²) >= 11 is 0. The van der Waals surface area contributed by atoms with Gasteiger partial charge in [0, 0.05) is 32.5 Å². The summed E-state index contributed by atoms with van der Waals surface area (Å²) in [5.74, 6) is 0.198. The van der Waals surface area contributed by atoms with Gasteiger partial charge in [0.15, 0.2) is 0 Å². The van der Waals surface area contributed by atoms with Crippen molar-refractivity contribution in [3.8, 4) is 0 Å². The molecule has 1 aliphatic heterocycles. The summed E-state index contributed by atoms with van der Waals surface area (Å²) in [7, 11) is 1.84. The third kappa shape index (κ3) is 2.33. The summed E-state index contributed by atoms with van der Waals surface area (Å²) in [6.45, 7) is 1.58. The topological polar surface area (TPSA) is 45.2 Å². The van der Waals surface area contributed by atoms with Gasteiger partial charge in [-0.05, 0) is 24.1 Å². The number of rotatable bonds is 3. The van der Waals surface area contributed by atoms with E-state index in [1.165, 1.54) is 0 Å². The number of pyridine rings is 1. The van der Waals surface area contributed by atoms with Crippen LogP contribution in [0.4, 0.5) is 0 Å². The van der Waals surface area contributed by atoms with Gasteiger partial charge in [-0.15, -0.1) is 0 Å². The lowest BCUT2D eigenvalue weighted by Gasteiger charge is -2.11. The van der Waals surface area contributed by atoms with E-state index in [1.807, 2.05) is 19.2 Å². The Morgan fingerprint density at radius 1 is 1.53 bits per heavy atom. The molecule has 1 aliphatic rings. The zero-order valence-electron chi connectivity index (χ0n) is 8.81. The van der Waals surface area contributed by atoms with E-state index in [4.69, 9.17) is 0 Å². The first-order valence-electron chi connectivity index (χ1n) is 5.14. The van der Waals surface area contributed by atoms with Crippen molar-refractivity contribution < 1.29 is 4.79 Å². The van der Waals surface area contributed by atoms with Crippen LogP contribution in [0.15, 0.2) is 24.5 Å². The molecule has 0 aliphatic carbocycles. The summed E-state index contributed by atoms with van der Waals surface area (Å²) in [6, 6.07) is 3.90. The maximum Gasteiger partial charge on any atom is 0.239 e. The third-order valence-electron chi connectivity index (χ3n) is 2.73. The number of hydrogen-bond acceptors (Lipinski definition) is 3. The normalized spacial score (nSPS) is 21.0. The van der Waals surface area contributed by atoms with Gasteiger partial charge in [-0.2, -0.15) is 0 Å². The first-order valence-corrected chi connectivity index (χ1v) is 5.14. The number of likely N-dealkylation sites (tertiary alicyclic amines) is 1. The Morgan fingerprint density at radius 3 is 2.87 bits per heavy atom. The highest BCUT2D eigenvalue weighted by molar-refractivity contribution is 5.83. The van der Waals surface area contributed by atoms with E-state index < -0.39 is 0 Å². The van der Waals surface area contributed by atoms with Gasteiger partial charge < -0.3 is 10.2 Å². The molecule has 1 fully saturated rings. The van der Waals surface area contributed by atoms with Crippen LogP contribution in [-0.4, -0.2) is 35.4 Å². The van der Waals surface area contributed by atoms with Gasteiger partial charge in [0.2, 0.25) is 5.91 Å². The van der Waals surface area contributed by atoms with E-state index in [9.17, 15) is 4.79 Å². The minimum absolute atomic E-state index is 0.0110. The summed E-state index contributed by atoms with van der Waals surface area (Å²) in [5.41, 5.74) is 1.16. The third-order valence-corrected chi connectivity index (χ3v) is 2.73. The van der Waals surface area contributed by atoms with Crippen LogP contribution in [0, 0.1) is 0 Å². The Hall–Kier alpha value is -1.42. The Balaban J connectivity index is 1.87. The lowest BCUT2D eigenvalue weighted by atomic mass is 10.2. The van der Waals surface area contributed by atoms with Crippen LogP contribution >= 0.6 is 0 Å². The van der Waals surface area contributed by atoms with E-state index in [-0.39, 0.29) is 11.9 Å². The number of carbonyl (C=O) groups is 1. The van der Waals surface area contributed by atoms with Gasteiger partial charge in [0.05, 0.1) is 6.04 Å². The van der Waals surface area contributed by atoms with Crippen LogP contribution in [0.25, 0.3) is 0 Å². The van der Waals surface area contributed by atoms with E-state index in [1.54, 1.807) is 17.3 Å². The quantitative estimate of drug-likeness (QED) is 0.777. The molecule has 0 aromatic carbocycles. The predicted molar refractivity (Wildman–Crippen MR) is 57.1 cm³/mol. The predicted octanol–water partition coefficient (Wildman–Crippen LogP) is 0.402. The van der Waals surface area contributed by atoms with Gasteiger partial charge in [0.1, 0.15) is 0 Å². The van der Waals surface area contributed by atoms with Crippen molar-refractivity contribution in [2.45, 2.75) is 19.0 Å². The highest BCUT2D eigenvalue weighted by Crippen LogP contribution is 2.09. The standard InChI is InChI=1S/C11H15N3O/c1-14-7-4-10(11(14)15)13-8-9-2-5-12-6-3-9/h2-3,5-6,10,13H,4,7-8H2,1H3. The Kier molecular flexibility index (Phi) is 2.97. The fraction of sp³-hybridized carbons (Fsp3) is 0.455. The Labute approximate surface area is 89.3 Å². The monoisotopic (exact) mass is 205 g/mol. The van der Waals surface area contributed by atoms with E-state index in [2.05, 4.69) is 10.3 Å². The molecule has 2 heterocycles. The average molecular weight is 205 g/mol. The molecule has 1 saturated heterocycles. The van der Waals surface area contributed by atoms with Crippen LogP contribution in [0.3, 0.4) is 0 Å². The largest absolute Gasteiger partial charge is 0.344 e. The highest BCUT2D eigenvalue weighted by Gasteiger charge is 2.27. The minimum atomic E-state index is -0.0110. The molecule has 1 N–H and O–H groups in total. The van der Waals surface area contributed by atoms with Gasteiger partial charge in [0.25, 0.3) is 0 Å². The Bertz CT molecular complexity index is 339. The van der Waals surface area contributed by atoms with Crippen molar-refractivity contribution in [1.29, 1.82) is 0 Å². The molecule has 0 radical (unpaired) electrons. The highest BCUT2D eigenvalue weighted by atomic mass is 16.2. The van der Waals surface area contributed by atoms with Gasteiger partial charge in [-0.25, -0.2) is 0 Å². The van der Waals surface area contributed by atoms with E-state index in [0.717, 1.165) is 25.1 Å². The zero-order valence-corrected chi connectivity index (χ0v) is 8.81. The maximum absolute atomic E-state index is 11.6. The van der Waals surface area contributed by atoms with Crippen molar-refractivity contribution in [2.24, 2.45) is 0 Å². The average Bonchev–Trinajstić information content (AvgIpc) is 2.59. The smallest absolute Gasteiger partial charge is 0.239 e. The van der Waals surface area contributed by atoms with Gasteiger partial charge >= 0.3 is 0 Å². The van der Waals surface area contributed by atoms with E-state index >= 15 is 0 Å². The summed E-state index contributed by atoms with van der Waals surface area (Å²) in [6.07, 6.45) is 4.43. The number of nitrogens with one attached hydrogen (secondary N) is 1. The minimum Gasteiger partial charge on any atom is -0.344 e. The molecule has 4 nitrogen and oxygen atoms in total. The molecule has 0 spiro atoms. The van der Waals surface area contributed by atoms with Gasteiger partial charge in [-0.1, -0.05) is 0 Å². The van der Waals surface area contributed by atoms with Crippen LogP contribution in [0.5, 0.6) is 0 Å². The molecule has 1 aromatic rings. The fourth-order valence-electron chi connectivity index (χ4n) is 1.75. The number of carbonyl (C=O) groups excluding carboxylic acids is 1. The summed E-state index contributed by atoms with van der Waals surface area (Å²) < 4.78 is 0. The van der Waals surface area contributed by atoms with Crippen LogP contribution < -0.4 is 5.32 Å². The number of hydrogen-bond donors (Lipinski definition) is 1. The molecule has 15 heavy (non-hydrogen) atoms. The molecule has 1 amide bonds. The molecule has 1 atom stereocenters. The molecule has 4 heteroatoms. The number of likely N-dealkylation sites (N-methyl/N-ethyl adjacent to an activating group) is 1. The number of amides is 1. The molecular formula is C11H15N3O. The first-order chi connectivity index (χ1) is 7.27. The molecule has 80 valence electrons. The van der Waals surface area contributed by atoms with Crippen LogP contribution in [0.1, 0.15) is 12.0 Å². The van der Waals surface area contributed by atoms with Gasteiger partial charge in [-0.3, -0.25) is 9.78 Å². The SMILES string of the molecule is CN1CCC(NCc2ccncc2)C1=O. The second kappa shape index (κ2) is 4.40. The second-order valence-electron chi connectivity index (χ2n) is 3.84. The first kappa shape index (κ1) is 10.1. The lowest BCUT2D eigenvalue weighted by molar-refractivity contribution is -0.128. The molecule has 0 bridgehead atoms. The number of aromatic nitrogens is 1. The number of nitrogens with zero attached hydrogens (tertiary/aromatic N) is 2. The molecular weight excluding hydrogens is 190 g/mol. The van der Waals surface area contributed by atoms with Crippen molar-refractivity contribution in [1.82, 2.24) is 15.2 Å². The fourth-order valence-corrected chi connectivity index (χ4v) is 1.75. The summed E-state index contributed by atoms with van der Waals surface area (Å²) in [5, 5.41) is 3.26.